The van der Waals surface area contributed by atoms with Gasteiger partial charge in [0.05, 0.1) is 12.7 Å². The van der Waals surface area contributed by atoms with E-state index in [0.29, 0.717) is 18.7 Å². The molecule has 1 aliphatic heterocycles. The van der Waals surface area contributed by atoms with Gasteiger partial charge in [-0.05, 0) is 39.3 Å². The zero-order chi connectivity index (χ0) is 18.1. The summed E-state index contributed by atoms with van der Waals surface area (Å²) in [5, 5.41) is 0. The summed E-state index contributed by atoms with van der Waals surface area (Å²) in [6, 6.07) is 0. The number of hydrogen-bond acceptors (Lipinski definition) is 6. The molecule has 2 heterocycles. The summed E-state index contributed by atoms with van der Waals surface area (Å²) < 4.78 is 25.8. The fourth-order valence-electron chi connectivity index (χ4n) is 2.33. The lowest BCUT2D eigenvalue weighted by Crippen LogP contribution is -2.48. The predicted octanol–water partition coefficient (Wildman–Crippen LogP) is 0.599. The molecule has 0 aromatic carbocycles. The zero-order valence-electron chi connectivity index (χ0n) is 14.1. The Hall–Kier alpha value is -0.960. The molecule has 136 valence electrons. The molecule has 1 N–H and O–H groups in total. The van der Waals surface area contributed by atoms with Crippen LogP contribution in [0.15, 0.2) is 15.8 Å². The number of nitrogens with one attached hydrogen (secondary N) is 1. The van der Waals surface area contributed by atoms with Gasteiger partial charge in [0.2, 0.25) is 0 Å². The molecule has 0 radical (unpaired) electrons. The second-order valence-electron chi connectivity index (χ2n) is 6.01. The molecule has 1 aromatic heterocycles. The summed E-state index contributed by atoms with van der Waals surface area (Å²) in [6.45, 7) is -0.731. The standard InChI is InChI=1S/C13H22ClN4O5P/c1-9-5-18(13(20)15-12(9)19)11-7-17(4)6-10(23-11)8-22-24(14,21)16(2)3/h5,10-11H,6-8H2,1-4H3,(H,15,19,20)/t10-,11?,24+/m0/s1. The van der Waals surface area contributed by atoms with Crippen LogP contribution in [0.1, 0.15) is 11.8 Å². The third-order valence-corrected chi connectivity index (χ3v) is 6.31. The molecule has 0 saturated carbocycles. The highest BCUT2D eigenvalue weighted by molar-refractivity contribution is 7.83. The first-order chi connectivity index (χ1) is 11.1. The van der Waals surface area contributed by atoms with Gasteiger partial charge < -0.3 is 9.26 Å². The van der Waals surface area contributed by atoms with Crippen LogP contribution in [0.3, 0.4) is 0 Å². The second-order valence-corrected chi connectivity index (χ2v) is 9.25. The highest BCUT2D eigenvalue weighted by atomic mass is 35.7. The number of aromatic nitrogens is 2. The Balaban J connectivity index is 2.14. The molecular formula is C13H22ClN4O5P. The van der Waals surface area contributed by atoms with Crippen LogP contribution < -0.4 is 11.2 Å². The van der Waals surface area contributed by atoms with Crippen LogP contribution in [0.5, 0.6) is 0 Å². The smallest absolute Gasteiger partial charge is 0.350 e. The average molecular weight is 381 g/mol. The van der Waals surface area contributed by atoms with Crippen molar-refractivity contribution in [3.8, 4) is 0 Å². The van der Waals surface area contributed by atoms with Gasteiger partial charge in [-0.15, -0.1) is 0 Å². The summed E-state index contributed by atoms with van der Waals surface area (Å²) in [5.74, 6) is 0. The lowest BCUT2D eigenvalue weighted by molar-refractivity contribution is -0.127. The van der Waals surface area contributed by atoms with E-state index >= 15 is 0 Å². The summed E-state index contributed by atoms with van der Waals surface area (Å²) >= 11 is 5.84. The van der Waals surface area contributed by atoms with Gasteiger partial charge in [0.25, 0.3) is 5.56 Å². The van der Waals surface area contributed by atoms with Crippen molar-refractivity contribution in [3.63, 3.8) is 0 Å². The summed E-state index contributed by atoms with van der Waals surface area (Å²) in [7, 11) is 5.00. The molecule has 24 heavy (non-hydrogen) atoms. The topological polar surface area (TPSA) is 96.9 Å². The van der Waals surface area contributed by atoms with E-state index in [0.717, 1.165) is 0 Å². The van der Waals surface area contributed by atoms with Gasteiger partial charge in [0.1, 0.15) is 0 Å². The first-order valence-electron chi connectivity index (χ1n) is 7.38. The molecule has 3 atom stereocenters. The minimum absolute atomic E-state index is 0.0247. The molecule has 1 aliphatic rings. The average Bonchev–Trinajstić information content (AvgIpc) is 2.48. The summed E-state index contributed by atoms with van der Waals surface area (Å²) in [4.78, 5) is 27.7. The maximum Gasteiger partial charge on any atom is 0.362 e. The number of likely N-dealkylation sites (N-methyl/N-ethyl adjacent to an activating group) is 1. The van der Waals surface area contributed by atoms with Gasteiger partial charge in [-0.3, -0.25) is 23.8 Å². The van der Waals surface area contributed by atoms with Gasteiger partial charge in [0, 0.05) is 24.8 Å². The highest BCUT2D eigenvalue weighted by Gasteiger charge is 2.31. The van der Waals surface area contributed by atoms with E-state index in [2.05, 4.69) is 4.98 Å². The fourth-order valence-corrected chi connectivity index (χ4v) is 3.08. The van der Waals surface area contributed by atoms with Crippen molar-refractivity contribution in [1.29, 1.82) is 0 Å². The monoisotopic (exact) mass is 380 g/mol. The second kappa shape index (κ2) is 7.51. The lowest BCUT2D eigenvalue weighted by Gasteiger charge is -2.36. The van der Waals surface area contributed by atoms with Crippen LogP contribution in [0.25, 0.3) is 0 Å². The third kappa shape index (κ3) is 4.56. The maximum atomic E-state index is 12.0. The first kappa shape index (κ1) is 19.4. The Morgan fingerprint density at radius 2 is 2.12 bits per heavy atom. The molecule has 1 aromatic rings. The molecule has 0 bridgehead atoms. The Morgan fingerprint density at radius 3 is 2.75 bits per heavy atom. The van der Waals surface area contributed by atoms with Crippen LogP contribution in [0, 0.1) is 6.92 Å². The molecule has 1 saturated heterocycles. The minimum atomic E-state index is -3.38. The molecule has 2 rings (SSSR count). The van der Waals surface area contributed by atoms with E-state index in [1.54, 1.807) is 21.0 Å². The number of nitrogens with zero attached hydrogens (tertiary/aromatic N) is 3. The SMILES string of the molecule is Cc1cn(C2CN(C)C[C@@H](CO[P@](=O)(Cl)N(C)C)O2)c(=O)[nH]c1=O. The van der Waals surface area contributed by atoms with Crippen molar-refractivity contribution in [2.24, 2.45) is 0 Å². The Labute approximate surface area is 144 Å². The van der Waals surface area contributed by atoms with Crippen LogP contribution in [-0.2, 0) is 13.8 Å². The van der Waals surface area contributed by atoms with Gasteiger partial charge in [-0.1, -0.05) is 0 Å². The van der Waals surface area contributed by atoms with E-state index in [9.17, 15) is 14.2 Å². The number of ether oxygens (including phenoxy) is 1. The largest absolute Gasteiger partial charge is 0.362 e. The molecule has 9 nitrogen and oxygen atoms in total. The number of aromatic amines is 1. The van der Waals surface area contributed by atoms with Crippen LogP contribution in [0.4, 0.5) is 0 Å². The molecule has 0 amide bonds. The number of aryl methyl sites for hydroxylation is 1. The molecular weight excluding hydrogens is 359 g/mol. The van der Waals surface area contributed by atoms with Crippen molar-refractivity contribution in [2.75, 3.05) is 40.8 Å². The molecule has 1 fully saturated rings. The predicted molar refractivity (Wildman–Crippen MR) is 90.6 cm³/mol. The van der Waals surface area contributed by atoms with Crippen LogP contribution in [0.2, 0.25) is 0 Å². The van der Waals surface area contributed by atoms with Crippen molar-refractivity contribution < 1.29 is 13.8 Å². The Morgan fingerprint density at radius 1 is 1.46 bits per heavy atom. The first-order valence-corrected chi connectivity index (χ1v) is 9.86. The van der Waals surface area contributed by atoms with Gasteiger partial charge in [0.15, 0.2) is 6.23 Å². The minimum Gasteiger partial charge on any atom is -0.350 e. The Bertz CT molecular complexity index is 749. The van der Waals surface area contributed by atoms with Crippen LogP contribution in [-0.4, -0.2) is 66.1 Å². The summed E-state index contributed by atoms with van der Waals surface area (Å²) in [6.07, 6.45) is 0.462. The molecule has 0 aliphatic carbocycles. The molecule has 11 heteroatoms. The maximum absolute atomic E-state index is 12.0. The van der Waals surface area contributed by atoms with E-state index in [1.807, 2.05) is 11.9 Å². The number of halogens is 1. The fraction of sp³-hybridized carbons (Fsp3) is 0.692. The quantitative estimate of drug-likeness (QED) is 0.747. The number of rotatable bonds is 5. The highest BCUT2D eigenvalue weighted by Crippen LogP contribution is 2.54. The van der Waals surface area contributed by atoms with Gasteiger partial charge >= 0.3 is 12.6 Å². The number of H-pyrrole nitrogens is 1. The normalized spacial score (nSPS) is 24.9. The Kier molecular flexibility index (Phi) is 6.06. The van der Waals surface area contributed by atoms with Gasteiger partial charge in [-0.2, -0.15) is 0 Å². The molecule has 0 spiro atoms. The van der Waals surface area contributed by atoms with Crippen molar-refractivity contribution in [2.45, 2.75) is 19.3 Å². The third-order valence-electron chi connectivity index (χ3n) is 3.69. The van der Waals surface area contributed by atoms with Crippen molar-refractivity contribution in [1.82, 2.24) is 19.1 Å². The van der Waals surface area contributed by atoms with Crippen molar-refractivity contribution in [3.05, 3.63) is 32.6 Å². The van der Waals surface area contributed by atoms with Crippen LogP contribution >= 0.6 is 18.1 Å². The number of hydrogen-bond donors (Lipinski definition) is 1. The van der Waals surface area contributed by atoms with E-state index < -0.39 is 30.5 Å². The van der Waals surface area contributed by atoms with Crippen molar-refractivity contribution >= 4 is 18.1 Å². The molecule has 1 unspecified atom stereocenters. The van der Waals surface area contributed by atoms with E-state index in [4.69, 9.17) is 20.5 Å². The summed E-state index contributed by atoms with van der Waals surface area (Å²) in [5.41, 5.74) is -0.548. The van der Waals surface area contributed by atoms with E-state index in [-0.39, 0.29) is 6.61 Å². The van der Waals surface area contributed by atoms with Gasteiger partial charge in [-0.25, -0.2) is 9.46 Å². The lowest BCUT2D eigenvalue weighted by atomic mass is 10.2. The van der Waals surface area contributed by atoms with E-state index in [1.165, 1.54) is 15.4 Å². The number of morpholine rings is 1. The zero-order valence-corrected chi connectivity index (χ0v) is 15.7.